The normalized spacial score (nSPS) is 17.4. The predicted molar refractivity (Wildman–Crippen MR) is 71.5 cm³/mol. The molecule has 2 nitrogen and oxygen atoms in total. The number of benzene rings is 1. The zero-order valence-electron chi connectivity index (χ0n) is 8.00. The van der Waals surface area contributed by atoms with Crippen LogP contribution in [0.25, 0.3) is 11.6 Å². The van der Waals surface area contributed by atoms with Gasteiger partial charge >= 0.3 is 0 Å². The average Bonchev–Trinajstić information content (AvgIpc) is 2.62. The van der Waals surface area contributed by atoms with E-state index in [0.29, 0.717) is 4.62 Å². The quantitative estimate of drug-likeness (QED) is 0.711. The molecule has 1 aliphatic heterocycles. The third kappa shape index (κ3) is 1.37. The summed E-state index contributed by atoms with van der Waals surface area (Å²) < 4.78 is 1.38. The molecule has 0 spiro atoms. The molecule has 0 N–H and O–H groups in total. The number of fused-ring (bicyclic) bond motifs is 3. The zero-order chi connectivity index (χ0) is 11.3. The van der Waals surface area contributed by atoms with Gasteiger partial charge in [-0.1, -0.05) is 22.0 Å². The monoisotopic (exact) mass is 337 g/mol. The number of rotatable bonds is 0. The summed E-state index contributed by atoms with van der Waals surface area (Å²) in [6, 6.07) is 5.97. The van der Waals surface area contributed by atoms with E-state index in [0.717, 1.165) is 26.7 Å². The highest BCUT2D eigenvalue weighted by molar-refractivity contribution is 9.19. The third-order valence-electron chi connectivity index (χ3n) is 2.63. The van der Waals surface area contributed by atoms with Crippen molar-refractivity contribution in [3.05, 3.63) is 45.6 Å². The number of halogens is 2. The highest BCUT2D eigenvalue weighted by Gasteiger charge is 2.28. The van der Waals surface area contributed by atoms with E-state index >= 15 is 0 Å². The minimum absolute atomic E-state index is 0.0511. The van der Waals surface area contributed by atoms with Gasteiger partial charge in [0.25, 0.3) is 0 Å². The van der Waals surface area contributed by atoms with Crippen molar-refractivity contribution in [1.29, 1.82) is 0 Å². The number of hydrogen-bond acceptors (Lipinski definition) is 2. The fourth-order valence-electron chi connectivity index (χ4n) is 1.89. The first-order chi connectivity index (χ1) is 7.66. The predicted octanol–water partition coefficient (Wildman–Crippen LogP) is 3.56. The molecule has 1 aromatic rings. The van der Waals surface area contributed by atoms with Gasteiger partial charge in [0.1, 0.15) is 0 Å². The van der Waals surface area contributed by atoms with Crippen LogP contribution < -0.4 is 0 Å². The molecule has 0 atom stereocenters. The Hall–Kier alpha value is -1.00. The summed E-state index contributed by atoms with van der Waals surface area (Å²) in [5.74, 6) is -0.0511. The Morgan fingerprint density at radius 3 is 2.75 bits per heavy atom. The number of aliphatic imine (C=N–C) groups is 1. The standard InChI is InChI=1S/C12H5Br2NO/c13-7-1-2-8-6(3-7)4-9-10(8)5-15-12(14)11(9)16/h1-5H. The maximum atomic E-state index is 11.9. The van der Waals surface area contributed by atoms with Gasteiger partial charge in [-0.25, -0.2) is 4.99 Å². The fourth-order valence-corrected chi connectivity index (χ4v) is 2.59. The Morgan fingerprint density at radius 2 is 1.94 bits per heavy atom. The van der Waals surface area contributed by atoms with Gasteiger partial charge in [0, 0.05) is 21.8 Å². The van der Waals surface area contributed by atoms with E-state index in [4.69, 9.17) is 0 Å². The molecule has 1 aromatic carbocycles. The van der Waals surface area contributed by atoms with E-state index in [9.17, 15) is 4.79 Å². The number of nitrogens with zero attached hydrogens (tertiary/aromatic N) is 1. The molecule has 0 saturated heterocycles. The lowest BCUT2D eigenvalue weighted by Crippen LogP contribution is -2.12. The minimum Gasteiger partial charge on any atom is -0.286 e. The van der Waals surface area contributed by atoms with Crippen LogP contribution in [0, 0.1) is 0 Å². The Bertz CT molecular complexity index is 611. The molecule has 1 heterocycles. The Kier molecular flexibility index (Phi) is 2.23. The van der Waals surface area contributed by atoms with Crippen molar-refractivity contribution in [2.45, 2.75) is 0 Å². The van der Waals surface area contributed by atoms with Gasteiger partial charge < -0.3 is 0 Å². The molecule has 78 valence electrons. The molecule has 0 amide bonds. The van der Waals surface area contributed by atoms with Gasteiger partial charge in [0.15, 0.2) is 4.62 Å². The molecule has 4 heteroatoms. The molecule has 0 aromatic heterocycles. The van der Waals surface area contributed by atoms with E-state index < -0.39 is 0 Å². The van der Waals surface area contributed by atoms with Gasteiger partial charge in [-0.2, -0.15) is 0 Å². The molecule has 0 unspecified atom stereocenters. The number of Topliss-reactive ketones (excluding diaryl/α,β-unsaturated/α-hetero) is 1. The summed E-state index contributed by atoms with van der Waals surface area (Å²) in [6.07, 6.45) is 3.64. The lowest BCUT2D eigenvalue weighted by atomic mass is 10.0. The molecule has 0 saturated carbocycles. The third-order valence-corrected chi connectivity index (χ3v) is 3.69. The van der Waals surface area contributed by atoms with Crippen LogP contribution in [0.3, 0.4) is 0 Å². The Labute approximate surface area is 109 Å². The first-order valence-electron chi connectivity index (χ1n) is 4.67. The van der Waals surface area contributed by atoms with Crippen molar-refractivity contribution in [3.8, 4) is 0 Å². The van der Waals surface area contributed by atoms with Crippen molar-refractivity contribution in [2.75, 3.05) is 0 Å². The van der Waals surface area contributed by atoms with Gasteiger partial charge in [0.2, 0.25) is 5.78 Å². The maximum Gasteiger partial charge on any atom is 0.219 e. The van der Waals surface area contributed by atoms with E-state index in [-0.39, 0.29) is 5.78 Å². The largest absolute Gasteiger partial charge is 0.286 e. The van der Waals surface area contributed by atoms with Crippen LogP contribution in [-0.2, 0) is 4.79 Å². The van der Waals surface area contributed by atoms with Crippen molar-refractivity contribution < 1.29 is 4.79 Å². The van der Waals surface area contributed by atoms with Gasteiger partial charge in [0.05, 0.1) is 0 Å². The van der Waals surface area contributed by atoms with Crippen molar-refractivity contribution in [2.24, 2.45) is 4.99 Å². The van der Waals surface area contributed by atoms with E-state index in [1.165, 1.54) is 0 Å². The highest BCUT2D eigenvalue weighted by Crippen LogP contribution is 2.39. The number of hydrogen-bond donors (Lipinski definition) is 0. The molecule has 0 fully saturated rings. The summed E-state index contributed by atoms with van der Waals surface area (Å²) in [6.45, 7) is 0. The van der Waals surface area contributed by atoms with Crippen molar-refractivity contribution in [3.63, 3.8) is 0 Å². The highest BCUT2D eigenvalue weighted by atomic mass is 79.9. The topological polar surface area (TPSA) is 29.4 Å². The number of ketones is 1. The van der Waals surface area contributed by atoms with Crippen molar-refractivity contribution in [1.82, 2.24) is 0 Å². The lowest BCUT2D eigenvalue weighted by Gasteiger charge is -2.08. The number of carbonyl (C=O) groups is 1. The summed E-state index contributed by atoms with van der Waals surface area (Å²) in [4.78, 5) is 15.9. The van der Waals surface area contributed by atoms with Gasteiger partial charge in [-0.3, -0.25) is 4.79 Å². The molecule has 1 aliphatic carbocycles. The van der Waals surface area contributed by atoms with Crippen LogP contribution in [-0.4, -0.2) is 10.4 Å². The van der Waals surface area contributed by atoms with E-state index in [1.54, 1.807) is 6.20 Å². The molecule has 0 radical (unpaired) electrons. The molecular formula is C12H5Br2NO. The smallest absolute Gasteiger partial charge is 0.219 e. The van der Waals surface area contributed by atoms with Crippen LogP contribution in [0.4, 0.5) is 0 Å². The summed E-state index contributed by atoms with van der Waals surface area (Å²) in [5.41, 5.74) is 3.75. The first kappa shape index (κ1) is 10.2. The second-order valence-corrected chi connectivity index (χ2v) is 5.25. The number of carbonyl (C=O) groups excluding carboxylic acids is 1. The van der Waals surface area contributed by atoms with Crippen LogP contribution in [0.2, 0.25) is 0 Å². The molecular weight excluding hydrogens is 334 g/mol. The maximum absolute atomic E-state index is 11.9. The van der Waals surface area contributed by atoms with Crippen LogP contribution >= 0.6 is 31.9 Å². The van der Waals surface area contributed by atoms with E-state index in [1.807, 2.05) is 24.3 Å². The molecule has 16 heavy (non-hydrogen) atoms. The Morgan fingerprint density at radius 1 is 1.12 bits per heavy atom. The molecule has 0 bridgehead atoms. The van der Waals surface area contributed by atoms with Crippen LogP contribution in [0.15, 0.2) is 39.4 Å². The Balaban J connectivity index is 2.24. The zero-order valence-corrected chi connectivity index (χ0v) is 11.2. The molecule has 3 rings (SSSR count). The first-order valence-corrected chi connectivity index (χ1v) is 6.25. The van der Waals surface area contributed by atoms with Gasteiger partial charge in [-0.05, 0) is 45.3 Å². The molecule has 2 aliphatic rings. The lowest BCUT2D eigenvalue weighted by molar-refractivity contribution is -0.109. The van der Waals surface area contributed by atoms with Gasteiger partial charge in [-0.15, -0.1) is 0 Å². The minimum atomic E-state index is -0.0511. The van der Waals surface area contributed by atoms with E-state index in [2.05, 4.69) is 36.9 Å². The van der Waals surface area contributed by atoms with Crippen LogP contribution in [0.5, 0.6) is 0 Å². The summed E-state index contributed by atoms with van der Waals surface area (Å²) in [7, 11) is 0. The second-order valence-electron chi connectivity index (χ2n) is 3.58. The SMILES string of the molecule is O=C1C2=Cc3cc(Br)ccc3C2=CN=C1Br. The van der Waals surface area contributed by atoms with Crippen LogP contribution in [0.1, 0.15) is 11.1 Å². The fraction of sp³-hybridized carbons (Fsp3) is 0. The summed E-state index contributed by atoms with van der Waals surface area (Å²) in [5, 5.41) is 0. The number of allylic oxidation sites excluding steroid dienone is 2. The second kappa shape index (κ2) is 3.50. The summed E-state index contributed by atoms with van der Waals surface area (Å²) >= 11 is 6.57. The van der Waals surface area contributed by atoms with Crippen molar-refractivity contribution >= 4 is 53.9 Å². The average molecular weight is 339 g/mol.